The number of halogens is 3. The quantitative estimate of drug-likeness (QED) is 0.878. The molecule has 0 saturated carbocycles. The zero-order valence-electron chi connectivity index (χ0n) is 10.6. The Hall–Kier alpha value is -1.87. The first-order valence-corrected chi connectivity index (χ1v) is 7.43. The first kappa shape index (κ1) is 15.5. The number of aryl methyl sites for hydroxylation is 1. The zero-order valence-corrected chi connectivity index (χ0v) is 12.2. The van der Waals surface area contributed by atoms with E-state index < -0.39 is 16.6 Å². The molecule has 2 N–H and O–H groups in total. The maximum absolute atomic E-state index is 12.1. The van der Waals surface area contributed by atoms with Crippen LogP contribution < -0.4 is 9.46 Å². The van der Waals surface area contributed by atoms with E-state index >= 15 is 0 Å². The topological polar surface area (TPSA) is 84.1 Å². The van der Waals surface area contributed by atoms with E-state index in [2.05, 4.69) is 19.7 Å². The number of aromatic nitrogens is 2. The Balaban J connectivity index is 2.29. The average molecular weight is 338 g/mol. The largest absolute Gasteiger partial charge is 0.433 e. The minimum atomic E-state index is -3.92. The average Bonchev–Trinajstić information content (AvgIpc) is 2.76. The van der Waals surface area contributed by atoms with Gasteiger partial charge in [0.05, 0.1) is 16.1 Å². The van der Waals surface area contributed by atoms with Crippen LogP contribution in [0.3, 0.4) is 0 Å². The van der Waals surface area contributed by atoms with Gasteiger partial charge in [-0.1, -0.05) is 11.6 Å². The highest BCUT2D eigenvalue weighted by Crippen LogP contribution is 2.29. The standard InChI is InChI=1S/C11H10ClF2N3O3S/c1-6-5-15-16-10(6)17-21(18,19)7-2-3-9(8(12)4-7)20-11(13)14/h2-5,11H,1H3,(H2,15,16,17). The summed E-state index contributed by atoms with van der Waals surface area (Å²) in [4.78, 5) is -0.192. The van der Waals surface area contributed by atoms with E-state index in [9.17, 15) is 17.2 Å². The summed E-state index contributed by atoms with van der Waals surface area (Å²) in [5.74, 6) is -0.0950. The molecule has 0 unspecified atom stereocenters. The van der Waals surface area contributed by atoms with Crippen LogP contribution in [0, 0.1) is 6.92 Å². The van der Waals surface area contributed by atoms with Crippen LogP contribution in [-0.4, -0.2) is 25.2 Å². The van der Waals surface area contributed by atoms with Crippen molar-refractivity contribution in [3.05, 3.63) is 35.0 Å². The number of nitrogens with one attached hydrogen (secondary N) is 2. The summed E-state index contributed by atoms with van der Waals surface area (Å²) in [7, 11) is -3.92. The van der Waals surface area contributed by atoms with Gasteiger partial charge in [-0.2, -0.15) is 13.9 Å². The number of rotatable bonds is 5. The summed E-state index contributed by atoms with van der Waals surface area (Å²) in [6, 6.07) is 3.19. The van der Waals surface area contributed by atoms with Crippen LogP contribution in [0.4, 0.5) is 14.6 Å². The van der Waals surface area contributed by atoms with Crippen molar-refractivity contribution < 1.29 is 21.9 Å². The third kappa shape index (κ3) is 3.61. The second-order valence-corrected chi connectivity index (χ2v) is 6.09. The van der Waals surface area contributed by atoms with E-state index in [1.807, 2.05) is 0 Å². The molecular formula is C11H10ClF2N3O3S. The van der Waals surface area contributed by atoms with Crippen LogP contribution in [0.15, 0.2) is 29.3 Å². The van der Waals surface area contributed by atoms with Gasteiger partial charge in [0.15, 0.2) is 0 Å². The Kier molecular flexibility index (Phi) is 4.33. The third-order valence-corrected chi connectivity index (χ3v) is 4.14. The smallest absolute Gasteiger partial charge is 0.387 e. The molecule has 0 spiro atoms. The fraction of sp³-hybridized carbons (Fsp3) is 0.182. The summed E-state index contributed by atoms with van der Waals surface area (Å²) in [6.45, 7) is -1.39. The Morgan fingerprint density at radius 1 is 1.43 bits per heavy atom. The van der Waals surface area contributed by atoms with Gasteiger partial charge in [0.1, 0.15) is 11.6 Å². The van der Waals surface area contributed by atoms with Gasteiger partial charge < -0.3 is 4.74 Å². The molecule has 6 nitrogen and oxygen atoms in total. The van der Waals surface area contributed by atoms with E-state index in [0.29, 0.717) is 5.56 Å². The van der Waals surface area contributed by atoms with E-state index in [-0.39, 0.29) is 21.5 Å². The third-order valence-electron chi connectivity index (χ3n) is 2.50. The minimum absolute atomic E-state index is 0.192. The zero-order chi connectivity index (χ0) is 15.6. The molecule has 0 aliphatic rings. The molecule has 2 rings (SSSR count). The van der Waals surface area contributed by atoms with Gasteiger partial charge in [-0.3, -0.25) is 9.82 Å². The number of H-pyrrole nitrogens is 1. The number of sulfonamides is 1. The molecule has 0 saturated heterocycles. The Morgan fingerprint density at radius 3 is 2.67 bits per heavy atom. The predicted molar refractivity (Wildman–Crippen MR) is 72.2 cm³/mol. The summed E-state index contributed by atoms with van der Waals surface area (Å²) >= 11 is 5.72. The highest BCUT2D eigenvalue weighted by Gasteiger charge is 2.19. The van der Waals surface area contributed by atoms with Crippen molar-refractivity contribution in [1.82, 2.24) is 10.2 Å². The summed E-state index contributed by atoms with van der Waals surface area (Å²) < 4.78 is 54.9. The number of aromatic amines is 1. The van der Waals surface area contributed by atoms with Crippen molar-refractivity contribution in [3.63, 3.8) is 0 Å². The molecule has 0 fully saturated rings. The Bertz CT molecular complexity index is 749. The van der Waals surface area contributed by atoms with Crippen LogP contribution in [0.2, 0.25) is 5.02 Å². The van der Waals surface area contributed by atoms with Gasteiger partial charge in [-0.25, -0.2) is 8.42 Å². The molecule has 0 radical (unpaired) electrons. The molecule has 10 heteroatoms. The fourth-order valence-corrected chi connectivity index (χ4v) is 2.89. The normalized spacial score (nSPS) is 11.7. The number of hydrogen-bond donors (Lipinski definition) is 2. The van der Waals surface area contributed by atoms with Crippen LogP contribution in [0.5, 0.6) is 5.75 Å². The highest BCUT2D eigenvalue weighted by atomic mass is 35.5. The molecule has 1 aromatic heterocycles. The van der Waals surface area contributed by atoms with Crippen LogP contribution in [-0.2, 0) is 10.0 Å². The molecule has 0 atom stereocenters. The number of alkyl halides is 2. The molecule has 2 aromatic rings. The molecule has 0 aliphatic heterocycles. The van der Waals surface area contributed by atoms with Crippen molar-refractivity contribution in [2.45, 2.75) is 18.4 Å². The Labute approximate surface area is 124 Å². The lowest BCUT2D eigenvalue weighted by molar-refractivity contribution is -0.0498. The molecule has 0 aliphatic carbocycles. The minimum Gasteiger partial charge on any atom is -0.433 e. The molecule has 1 heterocycles. The van der Waals surface area contributed by atoms with E-state index in [4.69, 9.17) is 11.6 Å². The molecular weight excluding hydrogens is 328 g/mol. The van der Waals surface area contributed by atoms with Crippen LogP contribution in [0.1, 0.15) is 5.56 Å². The van der Waals surface area contributed by atoms with Crippen molar-refractivity contribution in [2.75, 3.05) is 4.72 Å². The molecule has 0 amide bonds. The monoisotopic (exact) mass is 337 g/mol. The maximum Gasteiger partial charge on any atom is 0.387 e. The van der Waals surface area contributed by atoms with Gasteiger partial charge in [-0.05, 0) is 25.1 Å². The fourth-order valence-electron chi connectivity index (χ4n) is 1.48. The van der Waals surface area contributed by atoms with Gasteiger partial charge in [0, 0.05) is 5.56 Å². The van der Waals surface area contributed by atoms with Crippen molar-refractivity contribution in [1.29, 1.82) is 0 Å². The van der Waals surface area contributed by atoms with Crippen molar-refractivity contribution in [3.8, 4) is 5.75 Å². The summed E-state index contributed by atoms with van der Waals surface area (Å²) in [5.41, 5.74) is 0.599. The lowest BCUT2D eigenvalue weighted by Crippen LogP contribution is -2.14. The number of ether oxygens (including phenoxy) is 1. The maximum atomic E-state index is 12.1. The van der Waals surface area contributed by atoms with Gasteiger partial charge in [0.2, 0.25) is 0 Å². The predicted octanol–water partition coefficient (Wildman–Crippen LogP) is 2.77. The summed E-state index contributed by atoms with van der Waals surface area (Å²) in [6.07, 6.45) is 1.45. The number of benzene rings is 1. The van der Waals surface area contributed by atoms with Crippen molar-refractivity contribution >= 4 is 27.4 Å². The van der Waals surface area contributed by atoms with Gasteiger partial charge in [0.25, 0.3) is 10.0 Å². The molecule has 0 bridgehead atoms. The lowest BCUT2D eigenvalue weighted by Gasteiger charge is -2.10. The van der Waals surface area contributed by atoms with Crippen molar-refractivity contribution in [2.24, 2.45) is 0 Å². The van der Waals surface area contributed by atoms with E-state index in [1.54, 1.807) is 6.92 Å². The number of hydrogen-bond acceptors (Lipinski definition) is 4. The van der Waals surface area contributed by atoms with Crippen LogP contribution in [0.25, 0.3) is 0 Å². The molecule has 114 valence electrons. The summed E-state index contributed by atoms with van der Waals surface area (Å²) in [5, 5.41) is 5.93. The van der Waals surface area contributed by atoms with E-state index in [1.165, 1.54) is 6.20 Å². The SMILES string of the molecule is Cc1cn[nH]c1NS(=O)(=O)c1ccc(OC(F)F)c(Cl)c1. The second-order valence-electron chi connectivity index (χ2n) is 4.00. The molecule has 1 aromatic carbocycles. The van der Waals surface area contributed by atoms with Gasteiger partial charge >= 0.3 is 6.61 Å². The first-order valence-electron chi connectivity index (χ1n) is 5.57. The van der Waals surface area contributed by atoms with E-state index in [0.717, 1.165) is 18.2 Å². The molecule has 21 heavy (non-hydrogen) atoms. The number of nitrogens with zero attached hydrogens (tertiary/aromatic N) is 1. The Morgan fingerprint density at radius 2 is 2.14 bits per heavy atom. The highest BCUT2D eigenvalue weighted by molar-refractivity contribution is 7.92. The lowest BCUT2D eigenvalue weighted by atomic mass is 10.3. The number of anilines is 1. The van der Waals surface area contributed by atoms with Crippen LogP contribution >= 0.6 is 11.6 Å². The first-order chi connectivity index (χ1) is 9.79. The van der Waals surface area contributed by atoms with Gasteiger partial charge in [-0.15, -0.1) is 0 Å². The second kappa shape index (κ2) is 5.86.